The number of hydrogen-bond acceptors (Lipinski definition) is 4. The van der Waals surface area contributed by atoms with Crippen molar-refractivity contribution in [2.24, 2.45) is 0 Å². The standard InChI is InChI=1S/C14H12O2S2/c15-12(13-7-4-8-16-13)9-14(17)18-10-11-5-2-1-3-6-11/h1-9,15H,10H2/b12-9-. The van der Waals surface area contributed by atoms with E-state index in [4.69, 9.17) is 16.6 Å². The maximum absolute atomic E-state index is 9.74. The molecule has 2 aromatic rings. The lowest BCUT2D eigenvalue weighted by Crippen LogP contribution is -1.88. The second-order valence-electron chi connectivity index (χ2n) is 3.60. The van der Waals surface area contributed by atoms with Crippen LogP contribution in [0.3, 0.4) is 0 Å². The van der Waals surface area contributed by atoms with Crippen molar-refractivity contribution in [3.8, 4) is 0 Å². The molecule has 1 aromatic carbocycles. The van der Waals surface area contributed by atoms with Crippen molar-refractivity contribution in [1.82, 2.24) is 0 Å². The molecule has 4 heteroatoms. The van der Waals surface area contributed by atoms with Gasteiger partial charge in [-0.15, -0.1) is 11.8 Å². The van der Waals surface area contributed by atoms with Crippen molar-refractivity contribution in [2.75, 3.05) is 0 Å². The molecule has 0 radical (unpaired) electrons. The van der Waals surface area contributed by atoms with E-state index in [0.29, 0.717) is 9.96 Å². The van der Waals surface area contributed by atoms with Gasteiger partial charge in [0.15, 0.2) is 11.5 Å². The zero-order chi connectivity index (χ0) is 12.8. The number of furan rings is 1. The molecule has 0 saturated heterocycles. The molecule has 0 atom stereocenters. The van der Waals surface area contributed by atoms with Crippen LogP contribution in [0.4, 0.5) is 0 Å². The quantitative estimate of drug-likeness (QED) is 0.508. The monoisotopic (exact) mass is 276 g/mol. The molecule has 0 amide bonds. The molecule has 1 N–H and O–H groups in total. The van der Waals surface area contributed by atoms with E-state index in [9.17, 15) is 5.11 Å². The van der Waals surface area contributed by atoms with E-state index in [1.165, 1.54) is 23.6 Å². The summed E-state index contributed by atoms with van der Waals surface area (Å²) in [6.45, 7) is 0. The summed E-state index contributed by atoms with van der Waals surface area (Å²) in [5.74, 6) is 1.28. The summed E-state index contributed by atoms with van der Waals surface area (Å²) in [6, 6.07) is 13.5. The molecule has 92 valence electrons. The zero-order valence-corrected chi connectivity index (χ0v) is 11.2. The third kappa shape index (κ3) is 3.75. The third-order valence-electron chi connectivity index (χ3n) is 2.25. The summed E-state index contributed by atoms with van der Waals surface area (Å²) >= 11 is 6.70. The maximum Gasteiger partial charge on any atom is 0.168 e. The highest BCUT2D eigenvalue weighted by Crippen LogP contribution is 2.18. The van der Waals surface area contributed by atoms with Gasteiger partial charge in [0.2, 0.25) is 0 Å². The molecule has 18 heavy (non-hydrogen) atoms. The molecular weight excluding hydrogens is 264 g/mol. The SMILES string of the molecule is O/C(=C\C(=S)SCc1ccccc1)c1ccco1. The Balaban J connectivity index is 1.91. The first-order chi connectivity index (χ1) is 8.75. The number of benzene rings is 1. The summed E-state index contributed by atoms with van der Waals surface area (Å²) in [7, 11) is 0. The van der Waals surface area contributed by atoms with E-state index in [-0.39, 0.29) is 5.76 Å². The Hall–Kier alpha value is -1.52. The van der Waals surface area contributed by atoms with Gasteiger partial charge in [-0.3, -0.25) is 0 Å². The van der Waals surface area contributed by atoms with Crippen molar-refractivity contribution < 1.29 is 9.52 Å². The predicted molar refractivity (Wildman–Crippen MR) is 79.6 cm³/mol. The Labute approximate surface area is 115 Å². The summed E-state index contributed by atoms with van der Waals surface area (Å²) in [5, 5.41) is 9.74. The minimum atomic E-state index is 0.0607. The average Bonchev–Trinajstić information content (AvgIpc) is 2.91. The van der Waals surface area contributed by atoms with Crippen LogP contribution in [0.15, 0.2) is 59.2 Å². The Morgan fingerprint density at radius 3 is 2.67 bits per heavy atom. The van der Waals surface area contributed by atoms with Crippen LogP contribution in [0.2, 0.25) is 0 Å². The van der Waals surface area contributed by atoms with Crippen LogP contribution in [-0.4, -0.2) is 9.30 Å². The first kappa shape index (κ1) is 12.9. The molecule has 0 spiro atoms. The topological polar surface area (TPSA) is 33.4 Å². The Kier molecular flexibility index (Phi) is 4.61. The highest BCUT2D eigenvalue weighted by atomic mass is 32.2. The number of aliphatic hydroxyl groups excluding tert-OH is 1. The van der Waals surface area contributed by atoms with Crippen LogP contribution in [0.1, 0.15) is 11.3 Å². The van der Waals surface area contributed by atoms with Crippen LogP contribution >= 0.6 is 24.0 Å². The summed E-state index contributed by atoms with van der Waals surface area (Å²) in [5.41, 5.74) is 1.20. The molecule has 2 rings (SSSR count). The van der Waals surface area contributed by atoms with Crippen molar-refractivity contribution in [2.45, 2.75) is 5.75 Å². The smallest absolute Gasteiger partial charge is 0.168 e. The molecule has 2 nitrogen and oxygen atoms in total. The minimum Gasteiger partial charge on any atom is -0.504 e. The van der Waals surface area contributed by atoms with Gasteiger partial charge in [0.25, 0.3) is 0 Å². The van der Waals surface area contributed by atoms with Crippen molar-refractivity contribution >= 4 is 33.9 Å². The van der Waals surface area contributed by atoms with Crippen LogP contribution in [0.5, 0.6) is 0 Å². The van der Waals surface area contributed by atoms with Crippen LogP contribution in [-0.2, 0) is 5.75 Å². The molecule has 0 unspecified atom stereocenters. The van der Waals surface area contributed by atoms with E-state index in [1.54, 1.807) is 18.2 Å². The fourth-order valence-corrected chi connectivity index (χ4v) is 2.36. The summed E-state index contributed by atoms with van der Waals surface area (Å²) in [4.78, 5) is 0. The van der Waals surface area contributed by atoms with E-state index in [0.717, 1.165) is 5.75 Å². The number of aliphatic hydroxyl groups is 1. The van der Waals surface area contributed by atoms with E-state index in [1.807, 2.05) is 30.3 Å². The van der Waals surface area contributed by atoms with Gasteiger partial charge >= 0.3 is 0 Å². The van der Waals surface area contributed by atoms with Crippen LogP contribution < -0.4 is 0 Å². The summed E-state index contributed by atoms with van der Waals surface area (Å²) in [6.07, 6.45) is 3.06. The first-order valence-electron chi connectivity index (χ1n) is 5.41. The maximum atomic E-state index is 9.74. The second-order valence-corrected chi connectivity index (χ2v) is 5.32. The van der Waals surface area contributed by atoms with Crippen molar-refractivity contribution in [3.05, 3.63) is 66.1 Å². The van der Waals surface area contributed by atoms with Gasteiger partial charge in [0.05, 0.1) is 10.5 Å². The van der Waals surface area contributed by atoms with E-state index < -0.39 is 0 Å². The number of thiocarbonyl (C=S) groups is 1. The van der Waals surface area contributed by atoms with Gasteiger partial charge in [-0.25, -0.2) is 0 Å². The molecule has 0 saturated carbocycles. The Morgan fingerprint density at radius 2 is 2.00 bits per heavy atom. The first-order valence-corrected chi connectivity index (χ1v) is 6.80. The fraction of sp³-hybridized carbons (Fsp3) is 0.0714. The minimum absolute atomic E-state index is 0.0607. The Bertz CT molecular complexity index is 530. The number of thioether (sulfide) groups is 1. The molecule has 0 aliphatic carbocycles. The van der Waals surface area contributed by atoms with E-state index in [2.05, 4.69) is 0 Å². The van der Waals surface area contributed by atoms with E-state index >= 15 is 0 Å². The lowest BCUT2D eigenvalue weighted by atomic mass is 10.2. The largest absolute Gasteiger partial charge is 0.504 e. The van der Waals surface area contributed by atoms with Crippen LogP contribution in [0, 0.1) is 0 Å². The average molecular weight is 276 g/mol. The predicted octanol–water partition coefficient (Wildman–Crippen LogP) is 4.44. The molecule has 0 bridgehead atoms. The number of rotatable bonds is 4. The molecule has 0 aliphatic rings. The van der Waals surface area contributed by atoms with Crippen LogP contribution in [0.25, 0.3) is 5.76 Å². The van der Waals surface area contributed by atoms with Crippen molar-refractivity contribution in [1.29, 1.82) is 0 Å². The molecule has 0 fully saturated rings. The van der Waals surface area contributed by atoms with Gasteiger partial charge in [-0.1, -0.05) is 42.5 Å². The van der Waals surface area contributed by atoms with Crippen molar-refractivity contribution in [3.63, 3.8) is 0 Å². The molecule has 0 aliphatic heterocycles. The molecule has 1 heterocycles. The van der Waals surface area contributed by atoms with Gasteiger partial charge in [-0.2, -0.15) is 0 Å². The lowest BCUT2D eigenvalue weighted by Gasteiger charge is -2.00. The Morgan fingerprint density at radius 1 is 1.22 bits per heavy atom. The number of hydrogen-bond donors (Lipinski definition) is 1. The highest BCUT2D eigenvalue weighted by Gasteiger charge is 2.03. The third-order valence-corrected chi connectivity index (χ3v) is 3.60. The van der Waals surface area contributed by atoms with Gasteiger partial charge in [0, 0.05) is 11.8 Å². The van der Waals surface area contributed by atoms with Gasteiger partial charge in [-0.05, 0) is 17.7 Å². The normalized spacial score (nSPS) is 11.4. The molecular formula is C14H12O2S2. The second kappa shape index (κ2) is 6.42. The fourth-order valence-electron chi connectivity index (χ4n) is 1.38. The summed E-state index contributed by atoms with van der Waals surface area (Å²) < 4.78 is 5.70. The van der Waals surface area contributed by atoms with Gasteiger partial charge < -0.3 is 9.52 Å². The lowest BCUT2D eigenvalue weighted by molar-refractivity contribution is 0.460. The zero-order valence-electron chi connectivity index (χ0n) is 9.58. The highest BCUT2D eigenvalue weighted by molar-refractivity contribution is 8.23. The molecule has 1 aromatic heterocycles. The van der Waals surface area contributed by atoms with Gasteiger partial charge in [0.1, 0.15) is 0 Å².